The molecule has 1 rings (SSSR count). The molecular formula is C15H21NO4. The molecule has 0 aromatic heterocycles. The highest BCUT2D eigenvalue weighted by atomic mass is 16.5. The van der Waals surface area contributed by atoms with Crippen LogP contribution in [0, 0.1) is 0 Å². The number of carboxylic acids is 1. The fraction of sp³-hybridized carbons (Fsp3) is 0.467. The van der Waals surface area contributed by atoms with Gasteiger partial charge in [-0.3, -0.25) is 4.79 Å². The number of hydrogen-bond acceptors (Lipinski definition) is 4. The lowest BCUT2D eigenvalue weighted by Gasteiger charge is -2.18. The molecule has 1 atom stereocenters. The standard InChI is InChI=1S/C15H21NO4/c1-3-4-9-20-15(19)14(16-2)12-8-6-5-7-11(12)10-13(17)18/h5-8,14,16H,3-4,9-10H2,1-2H3,(H,17,18). The van der Waals surface area contributed by atoms with Gasteiger partial charge in [0.05, 0.1) is 13.0 Å². The summed E-state index contributed by atoms with van der Waals surface area (Å²) in [5.74, 6) is -1.30. The van der Waals surface area contributed by atoms with Crippen LogP contribution < -0.4 is 5.32 Å². The van der Waals surface area contributed by atoms with Crippen LogP contribution in [-0.2, 0) is 20.7 Å². The fourth-order valence-corrected chi connectivity index (χ4v) is 1.94. The monoisotopic (exact) mass is 279 g/mol. The van der Waals surface area contributed by atoms with Crippen LogP contribution in [0.3, 0.4) is 0 Å². The maximum atomic E-state index is 12.1. The van der Waals surface area contributed by atoms with E-state index < -0.39 is 12.0 Å². The maximum absolute atomic E-state index is 12.1. The minimum Gasteiger partial charge on any atom is -0.481 e. The summed E-state index contributed by atoms with van der Waals surface area (Å²) in [6.07, 6.45) is 1.66. The zero-order chi connectivity index (χ0) is 15.0. The number of benzene rings is 1. The molecule has 5 heteroatoms. The van der Waals surface area contributed by atoms with E-state index in [4.69, 9.17) is 9.84 Å². The van der Waals surface area contributed by atoms with Crippen LogP contribution in [0.25, 0.3) is 0 Å². The highest BCUT2D eigenvalue weighted by Gasteiger charge is 2.23. The molecule has 0 aliphatic heterocycles. The van der Waals surface area contributed by atoms with Crippen LogP contribution in [0.4, 0.5) is 0 Å². The van der Waals surface area contributed by atoms with Crippen molar-refractivity contribution in [1.82, 2.24) is 5.32 Å². The normalized spacial score (nSPS) is 11.9. The number of esters is 1. The summed E-state index contributed by atoms with van der Waals surface area (Å²) in [4.78, 5) is 22.9. The topological polar surface area (TPSA) is 75.6 Å². The van der Waals surface area contributed by atoms with Crippen molar-refractivity contribution in [1.29, 1.82) is 0 Å². The molecule has 110 valence electrons. The fourth-order valence-electron chi connectivity index (χ4n) is 1.94. The Bertz CT molecular complexity index is 459. The predicted molar refractivity (Wildman–Crippen MR) is 75.4 cm³/mol. The number of likely N-dealkylation sites (N-methyl/N-ethyl adjacent to an activating group) is 1. The first-order valence-electron chi connectivity index (χ1n) is 6.73. The lowest BCUT2D eigenvalue weighted by molar-refractivity contribution is -0.146. The van der Waals surface area contributed by atoms with Crippen molar-refractivity contribution in [2.75, 3.05) is 13.7 Å². The molecule has 0 aliphatic rings. The summed E-state index contributed by atoms with van der Waals surface area (Å²) in [7, 11) is 1.66. The Morgan fingerprint density at radius 1 is 1.35 bits per heavy atom. The number of carbonyl (C=O) groups excluding carboxylic acids is 1. The summed E-state index contributed by atoms with van der Waals surface area (Å²) in [5.41, 5.74) is 1.27. The van der Waals surface area contributed by atoms with Gasteiger partial charge in [-0.15, -0.1) is 0 Å². The number of carbonyl (C=O) groups is 2. The molecular weight excluding hydrogens is 258 g/mol. The molecule has 0 bridgehead atoms. The summed E-state index contributed by atoms with van der Waals surface area (Å²) < 4.78 is 5.20. The second kappa shape index (κ2) is 8.32. The molecule has 0 heterocycles. The Labute approximate surface area is 118 Å². The number of rotatable bonds is 8. The van der Waals surface area contributed by atoms with Gasteiger partial charge in [-0.1, -0.05) is 37.6 Å². The van der Waals surface area contributed by atoms with Crippen molar-refractivity contribution in [3.8, 4) is 0 Å². The van der Waals surface area contributed by atoms with Gasteiger partial charge in [0.15, 0.2) is 0 Å². The average Bonchev–Trinajstić information content (AvgIpc) is 2.41. The number of unbranched alkanes of at least 4 members (excludes halogenated alkanes) is 1. The van der Waals surface area contributed by atoms with E-state index in [2.05, 4.69) is 5.32 Å². The van der Waals surface area contributed by atoms with Crippen LogP contribution in [-0.4, -0.2) is 30.7 Å². The van der Waals surface area contributed by atoms with Gasteiger partial charge in [0, 0.05) is 0 Å². The van der Waals surface area contributed by atoms with E-state index in [-0.39, 0.29) is 12.4 Å². The molecule has 20 heavy (non-hydrogen) atoms. The Morgan fingerprint density at radius 3 is 2.65 bits per heavy atom. The molecule has 0 saturated carbocycles. The lowest BCUT2D eigenvalue weighted by atomic mass is 9.98. The van der Waals surface area contributed by atoms with Crippen molar-refractivity contribution < 1.29 is 19.4 Å². The van der Waals surface area contributed by atoms with Gasteiger partial charge in [0.1, 0.15) is 6.04 Å². The summed E-state index contributed by atoms with van der Waals surface area (Å²) in [6, 6.07) is 6.37. The molecule has 0 radical (unpaired) electrons. The average molecular weight is 279 g/mol. The van der Waals surface area contributed by atoms with Crippen molar-refractivity contribution in [2.45, 2.75) is 32.2 Å². The third-order valence-electron chi connectivity index (χ3n) is 2.97. The Hall–Kier alpha value is -1.88. The molecule has 1 unspecified atom stereocenters. The van der Waals surface area contributed by atoms with E-state index in [0.29, 0.717) is 17.7 Å². The minimum atomic E-state index is -0.924. The smallest absolute Gasteiger partial charge is 0.327 e. The van der Waals surface area contributed by atoms with Crippen molar-refractivity contribution in [3.63, 3.8) is 0 Å². The second-order valence-electron chi connectivity index (χ2n) is 4.51. The third-order valence-corrected chi connectivity index (χ3v) is 2.97. The highest BCUT2D eigenvalue weighted by Crippen LogP contribution is 2.20. The van der Waals surface area contributed by atoms with Crippen LogP contribution >= 0.6 is 0 Å². The van der Waals surface area contributed by atoms with Gasteiger partial charge in [-0.25, -0.2) is 4.79 Å². The zero-order valence-corrected chi connectivity index (χ0v) is 11.9. The molecule has 1 aromatic rings. The van der Waals surface area contributed by atoms with Gasteiger partial charge in [-0.05, 0) is 24.6 Å². The first kappa shape index (κ1) is 16.2. The van der Waals surface area contributed by atoms with Crippen LogP contribution in [0.15, 0.2) is 24.3 Å². The minimum absolute atomic E-state index is 0.114. The van der Waals surface area contributed by atoms with Crippen LogP contribution in [0.1, 0.15) is 36.9 Å². The number of aliphatic carboxylic acids is 1. The van der Waals surface area contributed by atoms with E-state index in [0.717, 1.165) is 12.8 Å². The number of carboxylic acid groups (broad SMARTS) is 1. The summed E-state index contributed by atoms with van der Waals surface area (Å²) in [5, 5.41) is 11.8. The van der Waals surface area contributed by atoms with Gasteiger partial charge >= 0.3 is 11.9 Å². The van der Waals surface area contributed by atoms with Gasteiger partial charge < -0.3 is 15.2 Å². The zero-order valence-electron chi connectivity index (χ0n) is 11.9. The van der Waals surface area contributed by atoms with Crippen LogP contribution in [0.5, 0.6) is 0 Å². The predicted octanol–water partition coefficient (Wildman–Crippen LogP) is 1.92. The number of nitrogens with one attached hydrogen (secondary N) is 1. The SMILES string of the molecule is CCCCOC(=O)C(NC)c1ccccc1CC(=O)O. The molecule has 2 N–H and O–H groups in total. The summed E-state index contributed by atoms with van der Waals surface area (Å²) >= 11 is 0. The molecule has 1 aromatic carbocycles. The Balaban J connectivity index is 2.88. The van der Waals surface area contributed by atoms with E-state index in [1.54, 1.807) is 31.3 Å². The molecule has 0 fully saturated rings. The Kier molecular flexibility index (Phi) is 6.73. The molecule has 0 spiro atoms. The highest BCUT2D eigenvalue weighted by molar-refractivity contribution is 5.79. The van der Waals surface area contributed by atoms with Gasteiger partial charge in [0.2, 0.25) is 0 Å². The molecule has 0 amide bonds. The molecule has 5 nitrogen and oxygen atoms in total. The van der Waals surface area contributed by atoms with E-state index in [1.807, 2.05) is 6.92 Å². The van der Waals surface area contributed by atoms with Gasteiger partial charge in [0.25, 0.3) is 0 Å². The van der Waals surface area contributed by atoms with E-state index in [1.165, 1.54) is 0 Å². The van der Waals surface area contributed by atoms with E-state index >= 15 is 0 Å². The maximum Gasteiger partial charge on any atom is 0.327 e. The van der Waals surface area contributed by atoms with Crippen molar-refractivity contribution in [2.24, 2.45) is 0 Å². The largest absolute Gasteiger partial charge is 0.481 e. The first-order valence-corrected chi connectivity index (χ1v) is 6.73. The quantitative estimate of drug-likeness (QED) is 0.561. The van der Waals surface area contributed by atoms with Crippen molar-refractivity contribution in [3.05, 3.63) is 35.4 Å². The van der Waals surface area contributed by atoms with E-state index in [9.17, 15) is 9.59 Å². The Morgan fingerprint density at radius 2 is 2.05 bits per heavy atom. The number of ether oxygens (including phenoxy) is 1. The second-order valence-corrected chi connectivity index (χ2v) is 4.51. The first-order chi connectivity index (χ1) is 9.60. The van der Waals surface area contributed by atoms with Gasteiger partial charge in [-0.2, -0.15) is 0 Å². The summed E-state index contributed by atoms with van der Waals surface area (Å²) in [6.45, 7) is 2.40. The van der Waals surface area contributed by atoms with Crippen molar-refractivity contribution >= 4 is 11.9 Å². The van der Waals surface area contributed by atoms with Crippen LogP contribution in [0.2, 0.25) is 0 Å². The molecule has 0 saturated heterocycles. The lowest BCUT2D eigenvalue weighted by Crippen LogP contribution is -2.28. The third kappa shape index (κ3) is 4.66. The molecule has 0 aliphatic carbocycles. The number of hydrogen-bond donors (Lipinski definition) is 2.